The molecule has 1 saturated carbocycles. The van der Waals surface area contributed by atoms with Crippen LogP contribution >= 0.6 is 0 Å². The summed E-state index contributed by atoms with van der Waals surface area (Å²) in [6.07, 6.45) is 4.67. The Balaban J connectivity index is 1.64. The van der Waals surface area contributed by atoms with Crippen LogP contribution in [-0.4, -0.2) is 31.1 Å². The van der Waals surface area contributed by atoms with Crippen molar-refractivity contribution >= 4 is 0 Å². The zero-order chi connectivity index (χ0) is 14.7. The largest absolute Gasteiger partial charge is 0.489 e. The molecule has 0 bridgehead atoms. The molecule has 0 radical (unpaired) electrons. The molecule has 0 amide bonds. The second-order valence-electron chi connectivity index (χ2n) is 6.06. The molecule has 2 aliphatic rings. The molecule has 1 aromatic carbocycles. The fourth-order valence-electron chi connectivity index (χ4n) is 3.22. The summed E-state index contributed by atoms with van der Waals surface area (Å²) in [5.74, 6) is 0.424. The van der Waals surface area contributed by atoms with E-state index in [0.29, 0.717) is 19.6 Å². The summed E-state index contributed by atoms with van der Waals surface area (Å²) in [5, 5.41) is 0. The van der Waals surface area contributed by atoms with E-state index < -0.39 is 5.79 Å². The lowest BCUT2D eigenvalue weighted by atomic mass is 9.88. The van der Waals surface area contributed by atoms with E-state index in [9.17, 15) is 0 Å². The minimum absolute atomic E-state index is 0.0405. The summed E-state index contributed by atoms with van der Waals surface area (Å²) in [6, 6.07) is 8.38. The lowest BCUT2D eigenvalue weighted by Gasteiger charge is -2.39. The lowest BCUT2D eigenvalue weighted by Crippen LogP contribution is -2.51. The van der Waals surface area contributed by atoms with Crippen molar-refractivity contribution in [3.05, 3.63) is 29.8 Å². The monoisotopic (exact) mass is 291 g/mol. The minimum Gasteiger partial charge on any atom is -0.489 e. The normalized spacial score (nSPS) is 27.9. The fourth-order valence-corrected chi connectivity index (χ4v) is 3.22. The molecule has 2 fully saturated rings. The predicted molar refractivity (Wildman–Crippen MR) is 81.3 cm³/mol. The SMILES string of the molecule is CCCc1ccc(OC2CC3(CCC2N)OCCO3)cc1. The molecule has 1 saturated heterocycles. The quantitative estimate of drug-likeness (QED) is 0.926. The van der Waals surface area contributed by atoms with Crippen molar-refractivity contribution in [2.24, 2.45) is 5.73 Å². The van der Waals surface area contributed by atoms with Crippen molar-refractivity contribution in [3.8, 4) is 5.75 Å². The summed E-state index contributed by atoms with van der Waals surface area (Å²) >= 11 is 0. The predicted octanol–water partition coefficient (Wildman–Crippen LogP) is 2.64. The Morgan fingerprint density at radius 2 is 1.95 bits per heavy atom. The maximum Gasteiger partial charge on any atom is 0.172 e. The van der Waals surface area contributed by atoms with Gasteiger partial charge in [-0.1, -0.05) is 25.5 Å². The molecule has 1 spiro atoms. The fraction of sp³-hybridized carbons (Fsp3) is 0.647. The number of hydrogen-bond acceptors (Lipinski definition) is 4. The van der Waals surface area contributed by atoms with Crippen molar-refractivity contribution in [2.45, 2.75) is 57.0 Å². The maximum atomic E-state index is 6.22. The molecule has 2 N–H and O–H groups in total. The third-order valence-electron chi connectivity index (χ3n) is 4.41. The summed E-state index contributed by atoms with van der Waals surface area (Å²) in [6.45, 7) is 3.54. The van der Waals surface area contributed by atoms with E-state index >= 15 is 0 Å². The molecule has 1 aliphatic carbocycles. The first-order chi connectivity index (χ1) is 10.2. The van der Waals surface area contributed by atoms with Crippen LogP contribution in [0.5, 0.6) is 5.75 Å². The Kier molecular flexibility index (Phi) is 4.48. The maximum absolute atomic E-state index is 6.22. The molecular weight excluding hydrogens is 266 g/mol. The van der Waals surface area contributed by atoms with E-state index in [1.807, 2.05) is 12.1 Å². The average molecular weight is 291 g/mol. The number of nitrogens with two attached hydrogens (primary N) is 1. The van der Waals surface area contributed by atoms with Crippen molar-refractivity contribution in [2.75, 3.05) is 13.2 Å². The van der Waals surface area contributed by atoms with Gasteiger partial charge in [0.25, 0.3) is 0 Å². The van der Waals surface area contributed by atoms with Gasteiger partial charge < -0.3 is 19.9 Å². The summed E-state index contributed by atoms with van der Waals surface area (Å²) < 4.78 is 17.7. The van der Waals surface area contributed by atoms with Gasteiger partial charge in [-0.15, -0.1) is 0 Å². The number of rotatable bonds is 4. The van der Waals surface area contributed by atoms with Crippen LogP contribution in [0.3, 0.4) is 0 Å². The van der Waals surface area contributed by atoms with E-state index in [0.717, 1.165) is 31.4 Å². The molecule has 2 unspecified atom stereocenters. The Hall–Kier alpha value is -1.10. The minimum atomic E-state index is -0.456. The van der Waals surface area contributed by atoms with Gasteiger partial charge in [0, 0.05) is 18.9 Å². The molecule has 21 heavy (non-hydrogen) atoms. The van der Waals surface area contributed by atoms with Crippen LogP contribution in [0.2, 0.25) is 0 Å². The van der Waals surface area contributed by atoms with Gasteiger partial charge in [-0.2, -0.15) is 0 Å². The molecular formula is C17H25NO3. The zero-order valence-electron chi connectivity index (χ0n) is 12.7. The van der Waals surface area contributed by atoms with Gasteiger partial charge >= 0.3 is 0 Å². The molecule has 0 aromatic heterocycles. The van der Waals surface area contributed by atoms with Crippen LogP contribution in [0.1, 0.15) is 38.2 Å². The third kappa shape index (κ3) is 3.39. The second kappa shape index (κ2) is 6.34. The molecule has 1 heterocycles. The molecule has 4 nitrogen and oxygen atoms in total. The standard InChI is InChI=1S/C17H25NO3/c1-2-3-13-4-6-14(7-5-13)21-16-12-17(9-8-15(16)18)19-10-11-20-17/h4-7,15-16H,2-3,8-12,18H2,1H3. The van der Waals surface area contributed by atoms with Gasteiger partial charge in [-0.3, -0.25) is 0 Å². The number of benzene rings is 1. The third-order valence-corrected chi connectivity index (χ3v) is 4.41. The molecule has 3 rings (SSSR count). The molecule has 1 aromatic rings. The van der Waals surface area contributed by atoms with Gasteiger partial charge in [0.05, 0.1) is 13.2 Å². The van der Waals surface area contributed by atoms with Crippen molar-refractivity contribution in [1.82, 2.24) is 0 Å². The Bertz CT molecular complexity index is 454. The molecule has 2 atom stereocenters. The van der Waals surface area contributed by atoms with Crippen LogP contribution in [0.25, 0.3) is 0 Å². The first kappa shape index (κ1) is 14.8. The van der Waals surface area contributed by atoms with E-state index in [4.69, 9.17) is 19.9 Å². The summed E-state index contributed by atoms with van der Waals surface area (Å²) in [4.78, 5) is 0. The van der Waals surface area contributed by atoms with Crippen LogP contribution in [0.15, 0.2) is 24.3 Å². The lowest BCUT2D eigenvalue weighted by molar-refractivity contribution is -0.195. The summed E-state index contributed by atoms with van der Waals surface area (Å²) in [7, 11) is 0. The first-order valence-electron chi connectivity index (χ1n) is 8.00. The second-order valence-corrected chi connectivity index (χ2v) is 6.06. The van der Waals surface area contributed by atoms with Gasteiger partial charge in [-0.25, -0.2) is 0 Å². The zero-order valence-corrected chi connectivity index (χ0v) is 12.7. The Labute approximate surface area is 126 Å². The Morgan fingerprint density at radius 3 is 2.62 bits per heavy atom. The van der Waals surface area contributed by atoms with Crippen molar-refractivity contribution in [3.63, 3.8) is 0 Å². The number of ether oxygens (including phenoxy) is 3. The number of hydrogen-bond donors (Lipinski definition) is 1. The van der Waals surface area contributed by atoms with Gasteiger partial charge in [-0.05, 0) is 30.5 Å². The number of aryl methyl sites for hydroxylation is 1. The van der Waals surface area contributed by atoms with Crippen LogP contribution in [0, 0.1) is 0 Å². The van der Waals surface area contributed by atoms with Crippen molar-refractivity contribution < 1.29 is 14.2 Å². The van der Waals surface area contributed by atoms with Crippen LogP contribution in [0.4, 0.5) is 0 Å². The van der Waals surface area contributed by atoms with Crippen LogP contribution in [-0.2, 0) is 15.9 Å². The highest BCUT2D eigenvalue weighted by molar-refractivity contribution is 5.27. The molecule has 116 valence electrons. The molecule has 4 heteroatoms. The van der Waals surface area contributed by atoms with Gasteiger partial charge in [0.15, 0.2) is 5.79 Å². The van der Waals surface area contributed by atoms with E-state index in [2.05, 4.69) is 19.1 Å². The first-order valence-corrected chi connectivity index (χ1v) is 8.00. The van der Waals surface area contributed by atoms with E-state index in [1.54, 1.807) is 0 Å². The van der Waals surface area contributed by atoms with Gasteiger partial charge in [0.1, 0.15) is 11.9 Å². The van der Waals surface area contributed by atoms with E-state index in [-0.39, 0.29) is 12.1 Å². The average Bonchev–Trinajstić information content (AvgIpc) is 2.94. The Morgan fingerprint density at radius 1 is 1.24 bits per heavy atom. The summed E-state index contributed by atoms with van der Waals surface area (Å²) in [5.41, 5.74) is 7.56. The van der Waals surface area contributed by atoms with Gasteiger partial charge in [0.2, 0.25) is 0 Å². The van der Waals surface area contributed by atoms with Crippen molar-refractivity contribution in [1.29, 1.82) is 0 Å². The smallest absolute Gasteiger partial charge is 0.172 e. The van der Waals surface area contributed by atoms with Crippen LogP contribution < -0.4 is 10.5 Å². The highest BCUT2D eigenvalue weighted by Gasteiger charge is 2.45. The topological polar surface area (TPSA) is 53.7 Å². The molecule has 1 aliphatic heterocycles. The van der Waals surface area contributed by atoms with E-state index in [1.165, 1.54) is 5.56 Å². The highest BCUT2D eigenvalue weighted by atomic mass is 16.7. The highest BCUT2D eigenvalue weighted by Crippen LogP contribution is 2.37.